The molecule has 0 radical (unpaired) electrons. The minimum atomic E-state index is -3.39. The highest BCUT2D eigenvalue weighted by molar-refractivity contribution is 7.89. The lowest BCUT2D eigenvalue weighted by Crippen LogP contribution is -2.28. The molecule has 1 atom stereocenters. The molecule has 19 heavy (non-hydrogen) atoms. The fourth-order valence-electron chi connectivity index (χ4n) is 2.08. The van der Waals surface area contributed by atoms with Crippen LogP contribution < -0.4 is 10.0 Å². The molecule has 1 unspecified atom stereocenters. The van der Waals surface area contributed by atoms with Crippen LogP contribution in [0.5, 0.6) is 0 Å². The third kappa shape index (κ3) is 3.19. The maximum absolute atomic E-state index is 12.3. The van der Waals surface area contributed by atoms with Gasteiger partial charge in [-0.05, 0) is 24.4 Å². The minimum absolute atomic E-state index is 0.0647. The summed E-state index contributed by atoms with van der Waals surface area (Å²) in [7, 11) is -1.53. The Morgan fingerprint density at radius 1 is 1.47 bits per heavy atom. The third-order valence-electron chi connectivity index (χ3n) is 3.76. The Labute approximate surface area is 115 Å². The second kappa shape index (κ2) is 4.92. The highest BCUT2D eigenvalue weighted by Crippen LogP contribution is 2.45. The molecule has 1 fully saturated rings. The molecule has 2 N–H and O–H groups in total. The zero-order valence-corrected chi connectivity index (χ0v) is 12.8. The minimum Gasteiger partial charge on any atom is -0.352 e. The van der Waals surface area contributed by atoms with Crippen LogP contribution in [0.4, 0.5) is 0 Å². The number of sulfonamides is 1. The Balaban J connectivity index is 2.12. The molecule has 1 aliphatic rings. The van der Waals surface area contributed by atoms with Crippen molar-refractivity contribution in [2.45, 2.75) is 44.7 Å². The second-order valence-corrected chi connectivity index (χ2v) is 7.64. The molecule has 5 nitrogen and oxygen atoms in total. The maximum atomic E-state index is 12.3. The molecule has 0 spiro atoms. The van der Waals surface area contributed by atoms with Gasteiger partial charge in [-0.3, -0.25) is 0 Å². The van der Waals surface area contributed by atoms with E-state index < -0.39 is 10.0 Å². The van der Waals surface area contributed by atoms with Crippen LogP contribution in [0, 0.1) is 5.41 Å². The topological polar surface area (TPSA) is 63.1 Å². The smallest absolute Gasteiger partial charge is 0.242 e. The van der Waals surface area contributed by atoms with Crippen molar-refractivity contribution in [1.82, 2.24) is 14.6 Å². The maximum Gasteiger partial charge on any atom is 0.242 e. The quantitative estimate of drug-likeness (QED) is 0.826. The van der Waals surface area contributed by atoms with E-state index in [9.17, 15) is 8.42 Å². The Hall–Kier alpha value is -0.850. The molecular weight excluding hydrogens is 262 g/mol. The number of nitrogens with one attached hydrogen (secondary N) is 2. The summed E-state index contributed by atoms with van der Waals surface area (Å²) >= 11 is 0. The van der Waals surface area contributed by atoms with Crippen LogP contribution in [0.3, 0.4) is 0 Å². The van der Waals surface area contributed by atoms with Crippen LogP contribution in [-0.2, 0) is 23.6 Å². The lowest BCUT2D eigenvalue weighted by Gasteiger charge is -2.06. The van der Waals surface area contributed by atoms with Gasteiger partial charge in [-0.15, -0.1) is 0 Å². The van der Waals surface area contributed by atoms with Crippen molar-refractivity contribution in [2.75, 3.05) is 6.54 Å². The van der Waals surface area contributed by atoms with Crippen LogP contribution in [0.25, 0.3) is 0 Å². The summed E-state index contributed by atoms with van der Waals surface area (Å²) in [5, 5.41) is 3.20. The van der Waals surface area contributed by atoms with Crippen molar-refractivity contribution in [3.63, 3.8) is 0 Å². The Kier molecular flexibility index (Phi) is 3.77. The van der Waals surface area contributed by atoms with Crippen LogP contribution in [0.2, 0.25) is 0 Å². The molecule has 1 heterocycles. The molecule has 1 aliphatic carbocycles. The van der Waals surface area contributed by atoms with Gasteiger partial charge >= 0.3 is 0 Å². The van der Waals surface area contributed by atoms with Crippen molar-refractivity contribution >= 4 is 10.0 Å². The predicted octanol–water partition coefficient (Wildman–Crippen LogP) is 1.21. The van der Waals surface area contributed by atoms with Gasteiger partial charge in [0.05, 0.1) is 4.90 Å². The molecule has 0 amide bonds. The lowest BCUT2D eigenvalue weighted by atomic mass is 10.2. The predicted molar refractivity (Wildman–Crippen MR) is 75.3 cm³/mol. The first-order chi connectivity index (χ1) is 8.76. The molecule has 1 aromatic rings. The SMILES string of the molecule is CCNCc1cc(S(=O)(=O)NC2CC2(C)C)cn1C. The van der Waals surface area contributed by atoms with Crippen LogP contribution >= 0.6 is 0 Å². The molecule has 0 aromatic carbocycles. The number of aryl methyl sites for hydroxylation is 1. The number of rotatable bonds is 6. The molecule has 1 aromatic heterocycles. The molecular formula is C13H23N3O2S. The van der Waals surface area contributed by atoms with E-state index in [0.717, 1.165) is 18.7 Å². The normalized spacial score (nSPS) is 21.6. The largest absolute Gasteiger partial charge is 0.352 e. The van der Waals surface area contributed by atoms with E-state index in [2.05, 4.69) is 23.9 Å². The summed E-state index contributed by atoms with van der Waals surface area (Å²) < 4.78 is 29.2. The van der Waals surface area contributed by atoms with Gasteiger partial charge in [0, 0.05) is 31.5 Å². The summed E-state index contributed by atoms with van der Waals surface area (Å²) in [6.45, 7) is 7.71. The van der Waals surface area contributed by atoms with Gasteiger partial charge in [-0.25, -0.2) is 13.1 Å². The fraction of sp³-hybridized carbons (Fsp3) is 0.692. The van der Waals surface area contributed by atoms with Gasteiger partial charge in [0.1, 0.15) is 0 Å². The van der Waals surface area contributed by atoms with Gasteiger partial charge in [-0.1, -0.05) is 20.8 Å². The van der Waals surface area contributed by atoms with Crippen molar-refractivity contribution < 1.29 is 8.42 Å². The average molecular weight is 285 g/mol. The van der Waals surface area contributed by atoms with Crippen LogP contribution in [0.15, 0.2) is 17.2 Å². The van der Waals surface area contributed by atoms with E-state index in [1.165, 1.54) is 0 Å². The van der Waals surface area contributed by atoms with E-state index in [1.54, 1.807) is 12.3 Å². The molecule has 0 saturated heterocycles. The Morgan fingerprint density at radius 2 is 2.11 bits per heavy atom. The van der Waals surface area contributed by atoms with Gasteiger partial charge < -0.3 is 9.88 Å². The Bertz CT molecular complexity index is 560. The first-order valence-corrected chi connectivity index (χ1v) is 8.13. The second-order valence-electron chi connectivity index (χ2n) is 5.92. The van der Waals surface area contributed by atoms with Gasteiger partial charge in [0.2, 0.25) is 10.0 Å². The molecule has 0 bridgehead atoms. The number of nitrogens with zero attached hydrogens (tertiary/aromatic N) is 1. The standard InChI is InChI=1S/C13H23N3O2S/c1-5-14-8-10-6-11(9-16(10)4)19(17,18)15-12-7-13(12,2)3/h6,9,12,14-15H,5,7-8H2,1-4H3. The third-order valence-corrected chi connectivity index (χ3v) is 5.20. The van der Waals surface area contributed by atoms with Gasteiger partial charge in [0.15, 0.2) is 0 Å². The van der Waals surface area contributed by atoms with Crippen molar-refractivity contribution in [3.05, 3.63) is 18.0 Å². The van der Waals surface area contributed by atoms with E-state index in [0.29, 0.717) is 11.4 Å². The summed E-state index contributed by atoms with van der Waals surface area (Å²) in [6, 6.07) is 1.80. The highest BCUT2D eigenvalue weighted by Gasteiger charge is 2.47. The lowest BCUT2D eigenvalue weighted by molar-refractivity contribution is 0.555. The number of hydrogen-bond donors (Lipinski definition) is 2. The van der Waals surface area contributed by atoms with Crippen molar-refractivity contribution in [3.8, 4) is 0 Å². The fourth-order valence-corrected chi connectivity index (χ4v) is 3.58. The summed E-state index contributed by atoms with van der Waals surface area (Å²) in [4.78, 5) is 0.352. The number of hydrogen-bond acceptors (Lipinski definition) is 3. The molecule has 1 saturated carbocycles. The van der Waals surface area contributed by atoms with E-state index >= 15 is 0 Å². The zero-order valence-electron chi connectivity index (χ0n) is 12.0. The van der Waals surface area contributed by atoms with E-state index in [4.69, 9.17) is 0 Å². The Morgan fingerprint density at radius 3 is 2.63 bits per heavy atom. The molecule has 0 aliphatic heterocycles. The van der Waals surface area contributed by atoms with Crippen LogP contribution in [-0.4, -0.2) is 25.6 Å². The summed E-state index contributed by atoms with van der Waals surface area (Å²) in [6.07, 6.45) is 2.58. The molecule has 2 rings (SSSR count). The van der Waals surface area contributed by atoms with Crippen LogP contribution in [0.1, 0.15) is 32.9 Å². The highest BCUT2D eigenvalue weighted by atomic mass is 32.2. The van der Waals surface area contributed by atoms with Gasteiger partial charge in [0.25, 0.3) is 0 Å². The number of aromatic nitrogens is 1. The molecule has 6 heteroatoms. The summed E-state index contributed by atoms with van der Waals surface area (Å²) in [5.74, 6) is 0. The van der Waals surface area contributed by atoms with Gasteiger partial charge in [-0.2, -0.15) is 0 Å². The van der Waals surface area contributed by atoms with Crippen molar-refractivity contribution in [2.24, 2.45) is 12.5 Å². The average Bonchev–Trinajstić information content (AvgIpc) is 2.71. The molecule has 108 valence electrons. The zero-order chi connectivity index (χ0) is 14.3. The first-order valence-electron chi connectivity index (χ1n) is 6.64. The monoisotopic (exact) mass is 285 g/mol. The van der Waals surface area contributed by atoms with E-state index in [1.807, 2.05) is 18.5 Å². The van der Waals surface area contributed by atoms with E-state index in [-0.39, 0.29) is 11.5 Å². The van der Waals surface area contributed by atoms with Crippen molar-refractivity contribution in [1.29, 1.82) is 0 Å². The summed E-state index contributed by atoms with van der Waals surface area (Å²) in [5.41, 5.74) is 1.06. The first kappa shape index (κ1) is 14.6.